The Bertz CT molecular complexity index is 628. The number of aromatic nitrogens is 2. The lowest BCUT2D eigenvalue weighted by atomic mass is 10.3. The fourth-order valence-electron chi connectivity index (χ4n) is 1.63. The zero-order chi connectivity index (χ0) is 11.7. The number of rotatable bonds is 3. The number of H-pyrrole nitrogens is 1. The first-order valence-electron chi connectivity index (χ1n) is 5.22. The van der Waals surface area contributed by atoms with Gasteiger partial charge in [0.1, 0.15) is 5.82 Å². The molecule has 0 radical (unpaired) electrons. The highest BCUT2D eigenvalue weighted by molar-refractivity contribution is 8.00. The van der Waals surface area contributed by atoms with Gasteiger partial charge >= 0.3 is 0 Å². The molecule has 5 heteroatoms. The fourth-order valence-corrected chi connectivity index (χ4v) is 3.29. The molecule has 0 spiro atoms. The van der Waals surface area contributed by atoms with Gasteiger partial charge in [-0.05, 0) is 29.6 Å². The lowest BCUT2D eigenvalue weighted by molar-refractivity contribution is 1.14. The van der Waals surface area contributed by atoms with Gasteiger partial charge in [0, 0.05) is 5.69 Å². The molecule has 0 aliphatic heterocycles. The molecule has 3 aromatic rings. The third-order valence-electron chi connectivity index (χ3n) is 2.40. The Morgan fingerprint density at radius 2 is 2.29 bits per heavy atom. The summed E-state index contributed by atoms with van der Waals surface area (Å²) in [4.78, 5) is 7.82. The molecule has 0 unspecified atom stereocenters. The quantitative estimate of drug-likeness (QED) is 0.560. The first-order chi connectivity index (χ1) is 8.31. The molecule has 0 aliphatic carbocycles. The van der Waals surface area contributed by atoms with Gasteiger partial charge in [0.25, 0.3) is 0 Å². The summed E-state index contributed by atoms with van der Waals surface area (Å²) in [5, 5.41) is 2.08. The predicted octanol–water partition coefficient (Wildman–Crippen LogP) is 3.50. The van der Waals surface area contributed by atoms with Crippen molar-refractivity contribution in [3.05, 3.63) is 41.5 Å². The van der Waals surface area contributed by atoms with Crippen LogP contribution in [0.3, 0.4) is 0 Å². The second kappa shape index (κ2) is 4.43. The summed E-state index contributed by atoms with van der Waals surface area (Å²) in [6.07, 6.45) is 0. The maximum atomic E-state index is 5.73. The fraction of sp³-hybridized carbons (Fsp3) is 0.0833. The maximum absolute atomic E-state index is 5.73. The van der Waals surface area contributed by atoms with Crippen LogP contribution in [0.4, 0.5) is 5.69 Å². The largest absolute Gasteiger partial charge is 0.399 e. The van der Waals surface area contributed by atoms with E-state index in [1.807, 2.05) is 18.2 Å². The number of benzene rings is 1. The third kappa shape index (κ3) is 2.30. The minimum atomic E-state index is 0.763. The van der Waals surface area contributed by atoms with Crippen LogP contribution in [0.5, 0.6) is 0 Å². The molecular formula is C12H11N3S2. The Morgan fingerprint density at radius 1 is 1.35 bits per heavy atom. The molecule has 1 aromatic carbocycles. The normalized spacial score (nSPS) is 11.1. The third-order valence-corrected chi connectivity index (χ3v) is 4.54. The van der Waals surface area contributed by atoms with Gasteiger partial charge in [-0.15, -0.1) is 23.1 Å². The van der Waals surface area contributed by atoms with E-state index < -0.39 is 0 Å². The molecule has 0 saturated carbocycles. The molecule has 0 amide bonds. The SMILES string of the molecule is Nc1ccc2nc(CSc3cccs3)[nH]c2c1. The number of hydrogen-bond donors (Lipinski definition) is 2. The number of nitrogen functional groups attached to an aromatic ring is 1. The second-order valence-corrected chi connectivity index (χ2v) is 5.90. The summed E-state index contributed by atoms with van der Waals surface area (Å²) in [7, 11) is 0. The van der Waals surface area contributed by atoms with E-state index in [0.717, 1.165) is 28.3 Å². The van der Waals surface area contributed by atoms with E-state index in [-0.39, 0.29) is 0 Å². The Morgan fingerprint density at radius 3 is 3.12 bits per heavy atom. The Kier molecular flexibility index (Phi) is 2.78. The summed E-state index contributed by atoms with van der Waals surface area (Å²) < 4.78 is 1.31. The van der Waals surface area contributed by atoms with E-state index in [1.165, 1.54) is 4.21 Å². The van der Waals surface area contributed by atoms with E-state index in [9.17, 15) is 0 Å². The molecule has 2 aromatic heterocycles. The number of nitrogens with zero attached hydrogens (tertiary/aromatic N) is 1. The molecule has 86 valence electrons. The number of thiophene rings is 1. The average Bonchev–Trinajstić information content (AvgIpc) is 2.94. The summed E-state index contributed by atoms with van der Waals surface area (Å²) in [5.41, 5.74) is 8.47. The van der Waals surface area contributed by atoms with Crippen molar-refractivity contribution < 1.29 is 0 Å². The first kappa shape index (κ1) is 10.7. The molecule has 0 fully saturated rings. The summed E-state index contributed by atoms with van der Waals surface area (Å²) in [6, 6.07) is 9.92. The summed E-state index contributed by atoms with van der Waals surface area (Å²) in [6.45, 7) is 0. The zero-order valence-electron chi connectivity index (χ0n) is 9.01. The van der Waals surface area contributed by atoms with Gasteiger partial charge < -0.3 is 10.7 Å². The lowest BCUT2D eigenvalue weighted by Crippen LogP contribution is -1.82. The minimum Gasteiger partial charge on any atom is -0.399 e. The van der Waals surface area contributed by atoms with Crippen LogP contribution in [0.15, 0.2) is 39.9 Å². The van der Waals surface area contributed by atoms with Crippen LogP contribution in [-0.4, -0.2) is 9.97 Å². The van der Waals surface area contributed by atoms with Gasteiger partial charge in [-0.1, -0.05) is 6.07 Å². The monoisotopic (exact) mass is 261 g/mol. The van der Waals surface area contributed by atoms with Crippen molar-refractivity contribution in [2.45, 2.75) is 9.96 Å². The number of hydrogen-bond acceptors (Lipinski definition) is 4. The highest BCUT2D eigenvalue weighted by Crippen LogP contribution is 2.27. The molecule has 0 atom stereocenters. The van der Waals surface area contributed by atoms with Crippen LogP contribution < -0.4 is 5.73 Å². The number of anilines is 1. The number of imidazole rings is 1. The van der Waals surface area contributed by atoms with Crippen LogP contribution in [0.2, 0.25) is 0 Å². The van der Waals surface area contributed by atoms with Crippen molar-refractivity contribution in [1.29, 1.82) is 0 Å². The number of nitrogens with one attached hydrogen (secondary N) is 1. The maximum Gasteiger partial charge on any atom is 0.117 e. The number of aromatic amines is 1. The number of nitrogens with two attached hydrogens (primary N) is 1. The van der Waals surface area contributed by atoms with Crippen LogP contribution in [0, 0.1) is 0 Å². The Hall–Kier alpha value is -1.46. The first-order valence-corrected chi connectivity index (χ1v) is 7.08. The zero-order valence-corrected chi connectivity index (χ0v) is 10.6. The number of fused-ring (bicyclic) bond motifs is 1. The molecule has 17 heavy (non-hydrogen) atoms. The molecule has 0 aliphatic rings. The van der Waals surface area contributed by atoms with E-state index >= 15 is 0 Å². The molecule has 0 saturated heterocycles. The molecule has 2 heterocycles. The van der Waals surface area contributed by atoms with Crippen molar-refractivity contribution in [2.24, 2.45) is 0 Å². The molecule has 3 nitrogen and oxygen atoms in total. The van der Waals surface area contributed by atoms with E-state index in [0.29, 0.717) is 0 Å². The standard InChI is InChI=1S/C12H11N3S2/c13-8-3-4-9-10(6-8)15-11(14-9)7-17-12-2-1-5-16-12/h1-6H,7,13H2,(H,14,15). The lowest BCUT2D eigenvalue weighted by Gasteiger charge is -1.93. The van der Waals surface area contributed by atoms with Crippen molar-refractivity contribution in [2.75, 3.05) is 5.73 Å². The highest BCUT2D eigenvalue weighted by Gasteiger charge is 2.04. The topological polar surface area (TPSA) is 54.7 Å². The van der Waals surface area contributed by atoms with Crippen molar-refractivity contribution in [3.8, 4) is 0 Å². The highest BCUT2D eigenvalue weighted by atomic mass is 32.2. The number of thioether (sulfide) groups is 1. The van der Waals surface area contributed by atoms with Crippen LogP contribution in [0.25, 0.3) is 11.0 Å². The van der Waals surface area contributed by atoms with Gasteiger partial charge in [0.15, 0.2) is 0 Å². The van der Waals surface area contributed by atoms with Crippen molar-refractivity contribution >= 4 is 39.8 Å². The van der Waals surface area contributed by atoms with Crippen molar-refractivity contribution in [1.82, 2.24) is 9.97 Å². The Balaban J connectivity index is 1.81. The Labute approximate surface area is 107 Å². The van der Waals surface area contributed by atoms with E-state index in [1.54, 1.807) is 23.1 Å². The van der Waals surface area contributed by atoms with Gasteiger partial charge in [-0.2, -0.15) is 0 Å². The van der Waals surface area contributed by atoms with Gasteiger partial charge in [-0.25, -0.2) is 4.98 Å². The summed E-state index contributed by atoms with van der Waals surface area (Å²) >= 11 is 3.55. The molecule has 0 bridgehead atoms. The smallest absolute Gasteiger partial charge is 0.117 e. The summed E-state index contributed by atoms with van der Waals surface area (Å²) in [5.74, 6) is 1.85. The second-order valence-electron chi connectivity index (χ2n) is 3.68. The molecule has 3 rings (SSSR count). The minimum absolute atomic E-state index is 0.763. The van der Waals surface area contributed by atoms with Crippen LogP contribution >= 0.6 is 23.1 Å². The molecule has 3 N–H and O–H groups in total. The van der Waals surface area contributed by atoms with Crippen molar-refractivity contribution in [3.63, 3.8) is 0 Å². The van der Waals surface area contributed by atoms with Crippen LogP contribution in [0.1, 0.15) is 5.82 Å². The van der Waals surface area contributed by atoms with Gasteiger partial charge in [-0.3, -0.25) is 0 Å². The van der Waals surface area contributed by atoms with Crippen LogP contribution in [-0.2, 0) is 5.75 Å². The van der Waals surface area contributed by atoms with E-state index in [4.69, 9.17) is 5.73 Å². The van der Waals surface area contributed by atoms with E-state index in [2.05, 4.69) is 27.5 Å². The predicted molar refractivity (Wildman–Crippen MR) is 74.4 cm³/mol. The average molecular weight is 261 g/mol. The van der Waals surface area contributed by atoms with Gasteiger partial charge in [0.05, 0.1) is 21.0 Å². The van der Waals surface area contributed by atoms with Gasteiger partial charge in [0.2, 0.25) is 0 Å². The molecular weight excluding hydrogens is 250 g/mol.